The van der Waals surface area contributed by atoms with E-state index in [0.29, 0.717) is 6.54 Å². The molecule has 1 aliphatic carbocycles. The first-order valence-corrected chi connectivity index (χ1v) is 8.08. The first-order chi connectivity index (χ1) is 11.1. The first-order valence-electron chi connectivity index (χ1n) is 8.08. The van der Waals surface area contributed by atoms with Crippen molar-refractivity contribution in [1.29, 1.82) is 0 Å². The fourth-order valence-electron chi connectivity index (χ4n) is 2.90. The minimum atomic E-state index is -0.0384. The van der Waals surface area contributed by atoms with Crippen molar-refractivity contribution in [3.05, 3.63) is 66.0 Å². The van der Waals surface area contributed by atoms with Gasteiger partial charge in [0.05, 0.1) is 6.04 Å². The lowest BCUT2D eigenvalue weighted by Crippen LogP contribution is -2.42. The summed E-state index contributed by atoms with van der Waals surface area (Å²) < 4.78 is 0. The van der Waals surface area contributed by atoms with Gasteiger partial charge in [-0.25, -0.2) is 4.79 Å². The molecule has 1 aromatic heterocycles. The topological polar surface area (TPSA) is 45.2 Å². The Bertz CT molecular complexity index is 653. The van der Waals surface area contributed by atoms with Crippen LogP contribution in [0.1, 0.15) is 36.9 Å². The maximum absolute atomic E-state index is 12.5. The highest BCUT2D eigenvalue weighted by Gasteiger charge is 2.44. The summed E-state index contributed by atoms with van der Waals surface area (Å²) in [6, 6.07) is 14.3. The molecule has 1 fully saturated rings. The molecule has 1 heterocycles. The lowest BCUT2D eigenvalue weighted by molar-refractivity contribution is 0.193. The standard InChI is InChI=1S/C19H23N3O/c1-15(16-7-6-12-20-13-16)22(2)18(23)21-14-19(10-11-19)17-8-4-3-5-9-17/h3-9,12-13,15H,10-11,14H2,1-2H3,(H,21,23)/t15-/m0/s1. The van der Waals surface area contributed by atoms with Crippen molar-refractivity contribution >= 4 is 6.03 Å². The summed E-state index contributed by atoms with van der Waals surface area (Å²) in [5.74, 6) is 0. The number of benzene rings is 1. The molecule has 4 nitrogen and oxygen atoms in total. The monoisotopic (exact) mass is 309 g/mol. The van der Waals surface area contributed by atoms with Crippen molar-refractivity contribution in [2.75, 3.05) is 13.6 Å². The molecule has 1 N–H and O–H groups in total. The average Bonchev–Trinajstić information content (AvgIpc) is 3.41. The second-order valence-corrected chi connectivity index (χ2v) is 6.38. The van der Waals surface area contributed by atoms with E-state index in [2.05, 4.69) is 34.6 Å². The highest BCUT2D eigenvalue weighted by atomic mass is 16.2. The second kappa shape index (κ2) is 6.41. The van der Waals surface area contributed by atoms with E-state index in [4.69, 9.17) is 0 Å². The van der Waals surface area contributed by atoms with E-state index < -0.39 is 0 Å². The van der Waals surface area contributed by atoms with Crippen LogP contribution in [0.5, 0.6) is 0 Å². The van der Waals surface area contributed by atoms with Gasteiger partial charge in [0.25, 0.3) is 0 Å². The van der Waals surface area contributed by atoms with Crippen molar-refractivity contribution in [2.45, 2.75) is 31.2 Å². The summed E-state index contributed by atoms with van der Waals surface area (Å²) >= 11 is 0. The predicted octanol–water partition coefficient (Wildman–Crippen LogP) is 3.52. The molecule has 1 saturated carbocycles. The number of hydrogen-bond acceptors (Lipinski definition) is 2. The average molecular weight is 309 g/mol. The fourth-order valence-corrected chi connectivity index (χ4v) is 2.90. The van der Waals surface area contributed by atoms with Gasteiger partial charge in [-0.15, -0.1) is 0 Å². The van der Waals surface area contributed by atoms with Crippen LogP contribution in [-0.2, 0) is 5.41 Å². The van der Waals surface area contributed by atoms with Crippen LogP contribution in [0.25, 0.3) is 0 Å². The molecule has 0 saturated heterocycles. The van der Waals surface area contributed by atoms with Crippen molar-refractivity contribution in [1.82, 2.24) is 15.2 Å². The van der Waals surface area contributed by atoms with Crippen molar-refractivity contribution in [3.63, 3.8) is 0 Å². The largest absolute Gasteiger partial charge is 0.337 e. The van der Waals surface area contributed by atoms with Crippen molar-refractivity contribution in [2.24, 2.45) is 0 Å². The van der Waals surface area contributed by atoms with Gasteiger partial charge in [-0.3, -0.25) is 4.98 Å². The summed E-state index contributed by atoms with van der Waals surface area (Å²) in [5, 5.41) is 3.10. The molecule has 0 unspecified atom stereocenters. The number of urea groups is 1. The van der Waals surface area contributed by atoms with Gasteiger partial charge in [-0.1, -0.05) is 36.4 Å². The number of nitrogens with one attached hydrogen (secondary N) is 1. The zero-order chi connectivity index (χ0) is 16.3. The van der Waals surface area contributed by atoms with Crippen LogP contribution in [-0.4, -0.2) is 29.5 Å². The van der Waals surface area contributed by atoms with Gasteiger partial charge < -0.3 is 10.2 Å². The van der Waals surface area contributed by atoms with Crippen molar-refractivity contribution < 1.29 is 4.79 Å². The Labute approximate surface area is 137 Å². The van der Waals surface area contributed by atoms with Crippen LogP contribution in [0.15, 0.2) is 54.9 Å². The Balaban J connectivity index is 1.59. The number of carbonyl (C=O) groups is 1. The Morgan fingerprint density at radius 3 is 2.61 bits per heavy atom. The highest BCUT2D eigenvalue weighted by Crippen LogP contribution is 2.47. The Morgan fingerprint density at radius 2 is 2.00 bits per heavy atom. The van der Waals surface area contributed by atoms with E-state index in [1.54, 1.807) is 17.3 Å². The number of hydrogen-bond donors (Lipinski definition) is 1. The SMILES string of the molecule is C[C@@H](c1cccnc1)N(C)C(=O)NCC1(c2ccccc2)CC1. The third kappa shape index (κ3) is 3.36. The molecule has 4 heteroatoms. The number of carbonyl (C=O) groups excluding carboxylic acids is 1. The van der Waals surface area contributed by atoms with Crippen LogP contribution in [0, 0.1) is 0 Å². The van der Waals surface area contributed by atoms with E-state index in [1.807, 2.05) is 32.2 Å². The molecule has 3 rings (SSSR count). The van der Waals surface area contributed by atoms with Gasteiger partial charge in [0, 0.05) is 31.4 Å². The minimum Gasteiger partial charge on any atom is -0.337 e. The van der Waals surface area contributed by atoms with Crippen molar-refractivity contribution in [3.8, 4) is 0 Å². The molecular formula is C19H23N3O. The molecule has 120 valence electrons. The molecular weight excluding hydrogens is 286 g/mol. The summed E-state index contributed by atoms with van der Waals surface area (Å²) in [4.78, 5) is 18.3. The molecule has 1 atom stereocenters. The van der Waals surface area contributed by atoms with Gasteiger partial charge in [0.1, 0.15) is 0 Å². The Hall–Kier alpha value is -2.36. The molecule has 0 spiro atoms. The zero-order valence-corrected chi connectivity index (χ0v) is 13.7. The zero-order valence-electron chi connectivity index (χ0n) is 13.7. The number of amides is 2. The first kappa shape index (κ1) is 15.5. The van der Waals surface area contributed by atoms with E-state index in [-0.39, 0.29) is 17.5 Å². The maximum atomic E-state index is 12.5. The quantitative estimate of drug-likeness (QED) is 0.918. The highest BCUT2D eigenvalue weighted by molar-refractivity contribution is 5.74. The van der Waals surface area contributed by atoms with Crippen LogP contribution in [0.2, 0.25) is 0 Å². The van der Waals surface area contributed by atoms with E-state index in [9.17, 15) is 4.79 Å². The van der Waals surface area contributed by atoms with Crippen LogP contribution in [0.3, 0.4) is 0 Å². The van der Waals surface area contributed by atoms with E-state index >= 15 is 0 Å². The normalized spacial score (nSPS) is 16.4. The number of nitrogens with zero attached hydrogens (tertiary/aromatic N) is 2. The number of aromatic nitrogens is 1. The Morgan fingerprint density at radius 1 is 1.26 bits per heavy atom. The number of rotatable bonds is 5. The van der Waals surface area contributed by atoms with Gasteiger partial charge >= 0.3 is 6.03 Å². The van der Waals surface area contributed by atoms with Gasteiger partial charge in [0.15, 0.2) is 0 Å². The van der Waals surface area contributed by atoms with Gasteiger partial charge in [-0.2, -0.15) is 0 Å². The maximum Gasteiger partial charge on any atom is 0.317 e. The minimum absolute atomic E-state index is 0.00409. The smallest absolute Gasteiger partial charge is 0.317 e. The lowest BCUT2D eigenvalue weighted by Gasteiger charge is -2.26. The summed E-state index contributed by atoms with van der Waals surface area (Å²) in [6.45, 7) is 2.71. The Kier molecular flexibility index (Phi) is 4.33. The van der Waals surface area contributed by atoms with Crippen LogP contribution >= 0.6 is 0 Å². The summed E-state index contributed by atoms with van der Waals surface area (Å²) in [5.41, 5.74) is 2.49. The summed E-state index contributed by atoms with van der Waals surface area (Å²) in [7, 11) is 1.83. The molecule has 23 heavy (non-hydrogen) atoms. The molecule has 1 aromatic carbocycles. The number of pyridine rings is 1. The van der Waals surface area contributed by atoms with E-state index in [0.717, 1.165) is 18.4 Å². The second-order valence-electron chi connectivity index (χ2n) is 6.38. The van der Waals surface area contributed by atoms with E-state index in [1.165, 1.54) is 5.56 Å². The molecule has 1 aliphatic rings. The third-order valence-corrected chi connectivity index (χ3v) is 4.89. The molecule has 0 bridgehead atoms. The van der Waals surface area contributed by atoms with Crippen LogP contribution < -0.4 is 5.32 Å². The fraction of sp³-hybridized carbons (Fsp3) is 0.368. The third-order valence-electron chi connectivity index (χ3n) is 4.89. The summed E-state index contributed by atoms with van der Waals surface area (Å²) in [6.07, 6.45) is 5.83. The predicted molar refractivity (Wildman–Crippen MR) is 91.2 cm³/mol. The molecule has 0 radical (unpaired) electrons. The molecule has 2 amide bonds. The molecule has 0 aliphatic heterocycles. The van der Waals surface area contributed by atoms with Gasteiger partial charge in [0.2, 0.25) is 0 Å². The lowest BCUT2D eigenvalue weighted by atomic mass is 9.96. The van der Waals surface area contributed by atoms with Gasteiger partial charge in [-0.05, 0) is 37.0 Å². The molecule has 2 aromatic rings. The van der Waals surface area contributed by atoms with Crippen LogP contribution in [0.4, 0.5) is 4.79 Å².